The lowest BCUT2D eigenvalue weighted by Crippen LogP contribution is -2.05. The number of fused-ring (bicyclic) bond motifs is 1. The summed E-state index contributed by atoms with van der Waals surface area (Å²) in [5, 5.41) is 14.5. The third-order valence-electron chi connectivity index (χ3n) is 3.71. The number of benzene rings is 2. The van der Waals surface area contributed by atoms with E-state index in [9.17, 15) is 10.1 Å². The van der Waals surface area contributed by atoms with E-state index in [1.807, 2.05) is 48.5 Å². The minimum atomic E-state index is -0.494. The lowest BCUT2D eigenvalue weighted by Gasteiger charge is -2.06. The van der Waals surface area contributed by atoms with Gasteiger partial charge in [-0.05, 0) is 36.4 Å². The second-order valence-electron chi connectivity index (χ2n) is 5.40. The van der Waals surface area contributed by atoms with Gasteiger partial charge in [0.05, 0.1) is 16.0 Å². The van der Waals surface area contributed by atoms with Crippen molar-refractivity contribution in [2.75, 3.05) is 0 Å². The second kappa shape index (κ2) is 6.08. The number of hydrogen-bond acceptors (Lipinski definition) is 5. The Hall–Kier alpha value is -3.68. The standard InChI is InChI=1S/C17H13N5O3/c23-22(24)13-9-18-21(10-13)11-25-14-7-5-12(6-8-14)17-19-15-3-1-2-4-16(15)20-17/h1-10H,11H2,(H,19,20). The maximum Gasteiger partial charge on any atom is 0.307 e. The van der Waals surface area contributed by atoms with Gasteiger partial charge in [-0.25, -0.2) is 9.67 Å². The molecule has 1 N–H and O–H groups in total. The van der Waals surface area contributed by atoms with Gasteiger partial charge in [0, 0.05) is 5.56 Å². The SMILES string of the molecule is O=[N+]([O-])c1cnn(COc2ccc(-c3nc4ccccc4[nH]3)cc2)c1. The van der Waals surface area contributed by atoms with Crippen LogP contribution in [0.2, 0.25) is 0 Å². The lowest BCUT2D eigenvalue weighted by atomic mass is 10.2. The molecule has 25 heavy (non-hydrogen) atoms. The molecule has 8 nitrogen and oxygen atoms in total. The molecular weight excluding hydrogens is 322 g/mol. The first kappa shape index (κ1) is 14.9. The average Bonchev–Trinajstić information content (AvgIpc) is 3.27. The van der Waals surface area contributed by atoms with Crippen LogP contribution in [0.25, 0.3) is 22.4 Å². The summed E-state index contributed by atoms with van der Waals surface area (Å²) < 4.78 is 6.95. The normalized spacial score (nSPS) is 10.9. The quantitative estimate of drug-likeness (QED) is 0.445. The van der Waals surface area contributed by atoms with Gasteiger partial charge in [-0.3, -0.25) is 10.1 Å². The van der Waals surface area contributed by atoms with E-state index in [1.54, 1.807) is 0 Å². The predicted molar refractivity (Wildman–Crippen MR) is 91.0 cm³/mol. The molecule has 0 bridgehead atoms. The summed E-state index contributed by atoms with van der Waals surface area (Å²) in [6, 6.07) is 15.3. The number of nitrogens with zero attached hydrogens (tertiary/aromatic N) is 4. The smallest absolute Gasteiger partial charge is 0.307 e. The summed E-state index contributed by atoms with van der Waals surface area (Å²) in [4.78, 5) is 18.0. The monoisotopic (exact) mass is 335 g/mol. The molecule has 0 saturated carbocycles. The van der Waals surface area contributed by atoms with E-state index >= 15 is 0 Å². The zero-order chi connectivity index (χ0) is 17.2. The fraction of sp³-hybridized carbons (Fsp3) is 0.0588. The number of aromatic nitrogens is 4. The molecule has 2 aromatic carbocycles. The molecular formula is C17H13N5O3. The highest BCUT2D eigenvalue weighted by atomic mass is 16.6. The van der Waals surface area contributed by atoms with Crippen LogP contribution in [0.15, 0.2) is 60.9 Å². The third kappa shape index (κ3) is 3.05. The van der Waals surface area contributed by atoms with Crippen LogP contribution < -0.4 is 4.74 Å². The molecule has 4 rings (SSSR count). The Morgan fingerprint density at radius 2 is 1.96 bits per heavy atom. The van der Waals surface area contributed by atoms with Gasteiger partial charge < -0.3 is 9.72 Å². The Labute approximate surface area is 141 Å². The molecule has 0 aliphatic rings. The van der Waals surface area contributed by atoms with Crippen LogP contribution in [-0.2, 0) is 6.73 Å². The van der Waals surface area contributed by atoms with Crippen molar-refractivity contribution in [1.29, 1.82) is 0 Å². The molecule has 0 fully saturated rings. The molecule has 0 aliphatic carbocycles. The number of ether oxygens (including phenoxy) is 1. The summed E-state index contributed by atoms with van der Waals surface area (Å²) in [7, 11) is 0. The number of H-pyrrole nitrogens is 1. The number of imidazole rings is 1. The van der Waals surface area contributed by atoms with Gasteiger partial charge >= 0.3 is 5.69 Å². The number of para-hydroxylation sites is 2. The van der Waals surface area contributed by atoms with Gasteiger partial charge in [0.2, 0.25) is 0 Å². The number of hydrogen-bond donors (Lipinski definition) is 1. The van der Waals surface area contributed by atoms with Crippen LogP contribution in [0.4, 0.5) is 5.69 Å². The van der Waals surface area contributed by atoms with Crippen LogP contribution in [0.5, 0.6) is 5.75 Å². The lowest BCUT2D eigenvalue weighted by molar-refractivity contribution is -0.385. The first-order valence-electron chi connectivity index (χ1n) is 7.54. The van der Waals surface area contributed by atoms with Crippen LogP contribution in [0.3, 0.4) is 0 Å². The molecule has 4 aromatic rings. The summed E-state index contributed by atoms with van der Waals surface area (Å²) in [6.07, 6.45) is 2.51. The molecule has 0 saturated heterocycles. The van der Waals surface area contributed by atoms with E-state index in [0.29, 0.717) is 5.75 Å². The first-order valence-corrected chi connectivity index (χ1v) is 7.54. The van der Waals surface area contributed by atoms with Crippen molar-refractivity contribution in [3.8, 4) is 17.1 Å². The van der Waals surface area contributed by atoms with E-state index in [4.69, 9.17) is 4.74 Å². The zero-order valence-corrected chi connectivity index (χ0v) is 13.0. The highest BCUT2D eigenvalue weighted by Crippen LogP contribution is 2.23. The first-order chi connectivity index (χ1) is 12.2. The van der Waals surface area contributed by atoms with Crippen LogP contribution in [0.1, 0.15) is 0 Å². The average molecular weight is 335 g/mol. The molecule has 0 unspecified atom stereocenters. The Bertz CT molecular complexity index is 1000. The van der Waals surface area contributed by atoms with Gasteiger partial charge in [-0.1, -0.05) is 12.1 Å². The minimum Gasteiger partial charge on any atom is -0.471 e. The van der Waals surface area contributed by atoms with E-state index in [1.165, 1.54) is 17.1 Å². The van der Waals surface area contributed by atoms with Gasteiger partial charge in [0.15, 0.2) is 6.73 Å². The Morgan fingerprint density at radius 3 is 2.68 bits per heavy atom. The summed E-state index contributed by atoms with van der Waals surface area (Å²) in [5.74, 6) is 1.42. The zero-order valence-electron chi connectivity index (χ0n) is 13.0. The van der Waals surface area contributed by atoms with E-state index < -0.39 is 4.92 Å². The van der Waals surface area contributed by atoms with E-state index in [2.05, 4.69) is 15.1 Å². The fourth-order valence-corrected chi connectivity index (χ4v) is 2.46. The molecule has 0 spiro atoms. The Morgan fingerprint density at radius 1 is 1.16 bits per heavy atom. The number of nitrogens with one attached hydrogen (secondary N) is 1. The number of aromatic amines is 1. The van der Waals surface area contributed by atoms with Gasteiger partial charge in [0.1, 0.15) is 24.0 Å². The van der Waals surface area contributed by atoms with Gasteiger partial charge in [-0.15, -0.1) is 0 Å². The summed E-state index contributed by atoms with van der Waals surface area (Å²) in [6.45, 7) is 0.0951. The molecule has 124 valence electrons. The molecule has 0 aliphatic heterocycles. The molecule has 0 radical (unpaired) electrons. The maximum absolute atomic E-state index is 10.6. The van der Waals surface area contributed by atoms with Crippen LogP contribution in [-0.4, -0.2) is 24.7 Å². The highest BCUT2D eigenvalue weighted by Gasteiger charge is 2.09. The highest BCUT2D eigenvalue weighted by molar-refractivity contribution is 5.79. The van der Waals surface area contributed by atoms with Gasteiger partial charge in [-0.2, -0.15) is 5.10 Å². The molecule has 0 amide bonds. The number of rotatable bonds is 5. The predicted octanol–water partition coefficient (Wildman–Crippen LogP) is 3.37. The second-order valence-corrected chi connectivity index (χ2v) is 5.40. The van der Waals surface area contributed by atoms with Crippen LogP contribution >= 0.6 is 0 Å². The third-order valence-corrected chi connectivity index (χ3v) is 3.71. The molecule has 2 aromatic heterocycles. The Balaban J connectivity index is 1.46. The van der Waals surface area contributed by atoms with E-state index in [0.717, 1.165) is 22.4 Å². The van der Waals surface area contributed by atoms with Crippen molar-refractivity contribution in [2.45, 2.75) is 6.73 Å². The van der Waals surface area contributed by atoms with Crippen molar-refractivity contribution in [2.24, 2.45) is 0 Å². The van der Waals surface area contributed by atoms with Crippen molar-refractivity contribution in [3.63, 3.8) is 0 Å². The van der Waals surface area contributed by atoms with Gasteiger partial charge in [0.25, 0.3) is 0 Å². The largest absolute Gasteiger partial charge is 0.471 e. The van der Waals surface area contributed by atoms with Crippen molar-refractivity contribution in [1.82, 2.24) is 19.7 Å². The number of nitro groups is 1. The van der Waals surface area contributed by atoms with Crippen molar-refractivity contribution in [3.05, 3.63) is 71.0 Å². The summed E-state index contributed by atoms with van der Waals surface area (Å²) >= 11 is 0. The molecule has 0 atom stereocenters. The summed E-state index contributed by atoms with van der Waals surface area (Å²) in [5.41, 5.74) is 2.78. The van der Waals surface area contributed by atoms with Crippen LogP contribution in [0, 0.1) is 10.1 Å². The van der Waals surface area contributed by atoms with Crippen molar-refractivity contribution >= 4 is 16.7 Å². The Kier molecular flexibility index (Phi) is 3.62. The van der Waals surface area contributed by atoms with Crippen molar-refractivity contribution < 1.29 is 9.66 Å². The maximum atomic E-state index is 10.6. The van der Waals surface area contributed by atoms with E-state index in [-0.39, 0.29) is 12.4 Å². The fourth-order valence-electron chi connectivity index (χ4n) is 2.46. The molecule has 8 heteroatoms. The topological polar surface area (TPSA) is 98.9 Å². The molecule has 2 heterocycles. The minimum absolute atomic E-state index is 0.0659.